The number of hydrogen-bond donors (Lipinski definition) is 2. The van der Waals surface area contributed by atoms with Gasteiger partial charge >= 0.3 is 0 Å². The van der Waals surface area contributed by atoms with Gasteiger partial charge in [0.25, 0.3) is 0 Å². The minimum atomic E-state index is 0. The second-order valence-corrected chi connectivity index (χ2v) is 6.76. The molecule has 26 heavy (non-hydrogen) atoms. The summed E-state index contributed by atoms with van der Waals surface area (Å²) >= 11 is 0. The van der Waals surface area contributed by atoms with Gasteiger partial charge in [0.1, 0.15) is 0 Å². The van der Waals surface area contributed by atoms with E-state index in [0.29, 0.717) is 0 Å². The molecule has 0 aliphatic rings. The molecule has 0 saturated carbocycles. The van der Waals surface area contributed by atoms with E-state index >= 15 is 0 Å². The maximum atomic E-state index is 4.31. The number of nitrogens with one attached hydrogen (secondary N) is 2. The molecule has 0 saturated heterocycles. The molecule has 0 heterocycles. The second kappa shape index (κ2) is 11.2. The number of guanidine groups is 1. The molecule has 2 aromatic rings. The highest BCUT2D eigenvalue weighted by Crippen LogP contribution is 2.10. The van der Waals surface area contributed by atoms with E-state index in [1.165, 1.54) is 27.8 Å². The predicted octanol–water partition coefficient (Wildman–Crippen LogP) is 3.85. The molecule has 0 unspecified atom stereocenters. The van der Waals surface area contributed by atoms with Gasteiger partial charge in [0.2, 0.25) is 0 Å². The maximum Gasteiger partial charge on any atom is 0.191 e. The summed E-state index contributed by atoms with van der Waals surface area (Å²) in [4.78, 5) is 6.48. The molecule has 4 nitrogen and oxygen atoms in total. The van der Waals surface area contributed by atoms with Gasteiger partial charge in [-0.25, -0.2) is 0 Å². The molecular weight excluding hydrogens is 435 g/mol. The van der Waals surface area contributed by atoms with Crippen LogP contribution in [0.25, 0.3) is 0 Å². The molecule has 0 aliphatic heterocycles. The standard InChI is InChI=1S/C21H30N4.HI/c1-16-6-11-20(17(2)12-16)14-24-21(22-3)23-13-18-7-9-19(10-8-18)15-25(4)5;/h6-12H,13-15H2,1-5H3,(H2,22,23,24);1H. The number of benzene rings is 2. The molecule has 5 heteroatoms. The normalized spacial score (nSPS) is 11.2. The van der Waals surface area contributed by atoms with Crippen molar-refractivity contribution < 1.29 is 0 Å². The first-order valence-electron chi connectivity index (χ1n) is 8.71. The lowest BCUT2D eigenvalue weighted by Crippen LogP contribution is -2.36. The van der Waals surface area contributed by atoms with Crippen LogP contribution in [0.15, 0.2) is 47.5 Å². The van der Waals surface area contributed by atoms with E-state index in [1.807, 2.05) is 0 Å². The van der Waals surface area contributed by atoms with Crippen LogP contribution in [-0.2, 0) is 19.6 Å². The Morgan fingerprint density at radius 2 is 1.54 bits per heavy atom. The first-order valence-corrected chi connectivity index (χ1v) is 8.71. The highest BCUT2D eigenvalue weighted by Gasteiger charge is 2.02. The van der Waals surface area contributed by atoms with Crippen LogP contribution in [0.5, 0.6) is 0 Å². The zero-order valence-corrected chi connectivity index (χ0v) is 18.8. The summed E-state index contributed by atoms with van der Waals surface area (Å²) in [6, 6.07) is 15.2. The van der Waals surface area contributed by atoms with Crippen molar-refractivity contribution in [1.29, 1.82) is 0 Å². The minimum absolute atomic E-state index is 0. The van der Waals surface area contributed by atoms with E-state index in [9.17, 15) is 0 Å². The van der Waals surface area contributed by atoms with Crippen molar-refractivity contribution in [3.8, 4) is 0 Å². The van der Waals surface area contributed by atoms with Crippen molar-refractivity contribution in [3.63, 3.8) is 0 Å². The fourth-order valence-corrected chi connectivity index (χ4v) is 2.76. The third-order valence-electron chi connectivity index (χ3n) is 4.15. The van der Waals surface area contributed by atoms with Crippen LogP contribution in [0.1, 0.15) is 27.8 Å². The SMILES string of the molecule is CN=C(NCc1ccc(CN(C)C)cc1)NCc1ccc(C)cc1C.I. The molecule has 0 amide bonds. The Balaban J connectivity index is 0.00000338. The third-order valence-corrected chi connectivity index (χ3v) is 4.15. The number of aliphatic imine (C=N–C) groups is 1. The predicted molar refractivity (Wildman–Crippen MR) is 122 cm³/mol. The number of nitrogens with zero attached hydrogens (tertiary/aromatic N) is 2. The average molecular weight is 466 g/mol. The number of rotatable bonds is 6. The molecule has 2 N–H and O–H groups in total. The highest BCUT2D eigenvalue weighted by atomic mass is 127. The van der Waals surface area contributed by atoms with Gasteiger partial charge in [-0.1, -0.05) is 48.0 Å². The lowest BCUT2D eigenvalue weighted by molar-refractivity contribution is 0.402. The zero-order valence-electron chi connectivity index (χ0n) is 16.5. The van der Waals surface area contributed by atoms with E-state index in [2.05, 4.69) is 90.9 Å². The quantitative estimate of drug-likeness (QED) is 0.386. The van der Waals surface area contributed by atoms with Crippen molar-refractivity contribution >= 4 is 29.9 Å². The molecule has 0 atom stereocenters. The van der Waals surface area contributed by atoms with Gasteiger partial charge in [-0.2, -0.15) is 0 Å². The van der Waals surface area contributed by atoms with E-state index in [4.69, 9.17) is 0 Å². The van der Waals surface area contributed by atoms with Crippen molar-refractivity contribution in [3.05, 3.63) is 70.3 Å². The fourth-order valence-electron chi connectivity index (χ4n) is 2.76. The van der Waals surface area contributed by atoms with Gasteiger partial charge < -0.3 is 15.5 Å². The Labute approximate surface area is 175 Å². The largest absolute Gasteiger partial charge is 0.352 e. The average Bonchev–Trinajstić information content (AvgIpc) is 2.57. The lowest BCUT2D eigenvalue weighted by atomic mass is 10.1. The summed E-state index contributed by atoms with van der Waals surface area (Å²) in [6.07, 6.45) is 0. The molecule has 0 bridgehead atoms. The molecule has 142 valence electrons. The number of halogens is 1. The summed E-state index contributed by atoms with van der Waals surface area (Å²) < 4.78 is 0. The molecular formula is C21H31IN4. The minimum Gasteiger partial charge on any atom is -0.352 e. The van der Waals surface area contributed by atoms with Crippen molar-refractivity contribution in [2.75, 3.05) is 21.1 Å². The molecule has 0 aromatic heterocycles. The monoisotopic (exact) mass is 466 g/mol. The Kier molecular flexibility index (Phi) is 9.65. The Morgan fingerprint density at radius 3 is 2.12 bits per heavy atom. The Morgan fingerprint density at radius 1 is 0.923 bits per heavy atom. The lowest BCUT2D eigenvalue weighted by Gasteiger charge is -2.14. The Hall–Kier alpha value is -1.60. The van der Waals surface area contributed by atoms with Crippen LogP contribution in [0.2, 0.25) is 0 Å². The maximum absolute atomic E-state index is 4.31. The second-order valence-electron chi connectivity index (χ2n) is 6.76. The van der Waals surface area contributed by atoms with E-state index in [0.717, 1.165) is 25.6 Å². The van der Waals surface area contributed by atoms with Gasteiger partial charge in [-0.15, -0.1) is 24.0 Å². The summed E-state index contributed by atoms with van der Waals surface area (Å²) in [7, 11) is 5.97. The molecule has 0 radical (unpaired) electrons. The summed E-state index contributed by atoms with van der Waals surface area (Å²) in [5.41, 5.74) is 6.46. The number of aryl methyl sites for hydroxylation is 2. The van der Waals surface area contributed by atoms with Gasteiger partial charge in [0.05, 0.1) is 0 Å². The topological polar surface area (TPSA) is 39.7 Å². The molecule has 0 spiro atoms. The van der Waals surface area contributed by atoms with Crippen molar-refractivity contribution in [2.24, 2.45) is 4.99 Å². The van der Waals surface area contributed by atoms with Gasteiger partial charge in [0, 0.05) is 26.7 Å². The van der Waals surface area contributed by atoms with E-state index < -0.39 is 0 Å². The van der Waals surface area contributed by atoms with Crippen molar-refractivity contribution in [1.82, 2.24) is 15.5 Å². The highest BCUT2D eigenvalue weighted by molar-refractivity contribution is 14.0. The third kappa shape index (κ3) is 7.33. The van der Waals surface area contributed by atoms with E-state index in [-0.39, 0.29) is 24.0 Å². The van der Waals surface area contributed by atoms with Gasteiger partial charge in [-0.3, -0.25) is 4.99 Å². The summed E-state index contributed by atoms with van der Waals surface area (Å²) in [6.45, 7) is 6.76. The molecule has 2 aromatic carbocycles. The van der Waals surface area contributed by atoms with Crippen LogP contribution < -0.4 is 10.6 Å². The summed E-state index contributed by atoms with van der Waals surface area (Å²) in [5, 5.41) is 6.76. The van der Waals surface area contributed by atoms with Crippen LogP contribution >= 0.6 is 24.0 Å². The van der Waals surface area contributed by atoms with Gasteiger partial charge in [0.15, 0.2) is 5.96 Å². The Bertz CT molecular complexity index is 708. The number of hydrogen-bond acceptors (Lipinski definition) is 2. The first-order chi connectivity index (χ1) is 12.0. The zero-order chi connectivity index (χ0) is 18.2. The summed E-state index contributed by atoms with van der Waals surface area (Å²) in [5.74, 6) is 0.817. The smallest absolute Gasteiger partial charge is 0.191 e. The molecule has 0 fully saturated rings. The van der Waals surface area contributed by atoms with Crippen LogP contribution in [-0.4, -0.2) is 32.0 Å². The van der Waals surface area contributed by atoms with Crippen LogP contribution in [0.4, 0.5) is 0 Å². The van der Waals surface area contributed by atoms with Crippen LogP contribution in [0, 0.1) is 13.8 Å². The molecule has 0 aliphatic carbocycles. The van der Waals surface area contributed by atoms with Gasteiger partial charge in [-0.05, 0) is 50.2 Å². The first kappa shape index (κ1) is 22.4. The van der Waals surface area contributed by atoms with E-state index in [1.54, 1.807) is 7.05 Å². The van der Waals surface area contributed by atoms with Crippen LogP contribution in [0.3, 0.4) is 0 Å². The molecule has 2 rings (SSSR count). The fraction of sp³-hybridized carbons (Fsp3) is 0.381. The van der Waals surface area contributed by atoms with Crippen molar-refractivity contribution in [2.45, 2.75) is 33.5 Å².